The third-order valence-corrected chi connectivity index (χ3v) is 2.25. The first-order chi connectivity index (χ1) is 7.25. The number of hydrogen-bond acceptors (Lipinski definition) is 3. The number of carbonyl (C=O) groups excluding carboxylic acids is 1. The van der Waals surface area contributed by atoms with Crippen molar-refractivity contribution in [2.75, 3.05) is 18.5 Å². The summed E-state index contributed by atoms with van der Waals surface area (Å²) in [5.74, 6) is -0.416. The Morgan fingerprint density at radius 3 is 2.73 bits per heavy atom. The topological polar surface area (TPSA) is 53.2 Å². The first kappa shape index (κ1) is 10.1. The lowest BCUT2D eigenvalue weighted by atomic mass is 10.2. The van der Waals surface area contributed by atoms with Crippen molar-refractivity contribution < 1.29 is 9.18 Å². The molecule has 80 valence electrons. The van der Waals surface area contributed by atoms with Gasteiger partial charge in [-0.15, -0.1) is 0 Å². The standard InChI is InChI=1S/C10H12FN3O/c11-7-1-3-8(4-2-7)14-10(15)9-5-12-6-13-9/h1-4,9,12-13H,5-6H2,(H,14,15). The molecule has 0 bridgehead atoms. The molecule has 1 aromatic carbocycles. The van der Waals surface area contributed by atoms with Crippen LogP contribution >= 0.6 is 0 Å². The Bertz CT molecular complexity index is 346. The molecule has 1 aliphatic rings. The summed E-state index contributed by atoms with van der Waals surface area (Å²) in [5, 5.41) is 8.71. The van der Waals surface area contributed by atoms with E-state index in [9.17, 15) is 9.18 Å². The molecule has 1 unspecified atom stereocenters. The lowest BCUT2D eigenvalue weighted by Gasteiger charge is -2.09. The molecule has 0 aromatic heterocycles. The van der Waals surface area contributed by atoms with Gasteiger partial charge in [0.1, 0.15) is 11.9 Å². The van der Waals surface area contributed by atoms with Crippen molar-refractivity contribution in [2.45, 2.75) is 6.04 Å². The van der Waals surface area contributed by atoms with Gasteiger partial charge in [0.2, 0.25) is 5.91 Å². The Morgan fingerprint density at radius 2 is 2.13 bits per heavy atom. The highest BCUT2D eigenvalue weighted by atomic mass is 19.1. The summed E-state index contributed by atoms with van der Waals surface area (Å²) in [7, 11) is 0. The largest absolute Gasteiger partial charge is 0.325 e. The third kappa shape index (κ3) is 2.51. The number of nitrogens with one attached hydrogen (secondary N) is 3. The molecule has 15 heavy (non-hydrogen) atoms. The molecule has 0 spiro atoms. The van der Waals surface area contributed by atoms with Crippen LogP contribution in [0.2, 0.25) is 0 Å². The summed E-state index contributed by atoms with van der Waals surface area (Å²) in [6.07, 6.45) is 0. The van der Waals surface area contributed by atoms with Crippen molar-refractivity contribution in [3.63, 3.8) is 0 Å². The van der Waals surface area contributed by atoms with E-state index >= 15 is 0 Å². The summed E-state index contributed by atoms with van der Waals surface area (Å²) in [6.45, 7) is 1.26. The van der Waals surface area contributed by atoms with E-state index in [0.717, 1.165) is 0 Å². The van der Waals surface area contributed by atoms with E-state index in [1.54, 1.807) is 0 Å². The lowest BCUT2D eigenvalue weighted by molar-refractivity contribution is -0.117. The fraction of sp³-hybridized carbons (Fsp3) is 0.300. The molecule has 2 rings (SSSR count). The molecule has 1 saturated heterocycles. The van der Waals surface area contributed by atoms with Crippen LogP contribution in [0.15, 0.2) is 24.3 Å². The number of amides is 1. The molecule has 1 fully saturated rings. The van der Waals surface area contributed by atoms with Crippen molar-refractivity contribution in [1.82, 2.24) is 10.6 Å². The normalized spacial score (nSPS) is 20.2. The minimum Gasteiger partial charge on any atom is -0.325 e. The monoisotopic (exact) mass is 209 g/mol. The van der Waals surface area contributed by atoms with Crippen molar-refractivity contribution in [3.8, 4) is 0 Å². The van der Waals surface area contributed by atoms with Gasteiger partial charge in [-0.05, 0) is 24.3 Å². The van der Waals surface area contributed by atoms with Gasteiger partial charge in [-0.1, -0.05) is 0 Å². The number of rotatable bonds is 2. The summed E-state index contributed by atoms with van der Waals surface area (Å²) in [6, 6.07) is 5.49. The predicted molar refractivity (Wildman–Crippen MR) is 54.8 cm³/mol. The zero-order chi connectivity index (χ0) is 10.7. The second-order valence-electron chi connectivity index (χ2n) is 3.38. The van der Waals surface area contributed by atoms with Crippen molar-refractivity contribution in [1.29, 1.82) is 0 Å². The van der Waals surface area contributed by atoms with E-state index in [2.05, 4.69) is 16.0 Å². The minimum atomic E-state index is -0.311. The van der Waals surface area contributed by atoms with Gasteiger partial charge in [-0.2, -0.15) is 0 Å². The van der Waals surface area contributed by atoms with E-state index in [0.29, 0.717) is 18.9 Å². The van der Waals surface area contributed by atoms with Crippen LogP contribution in [0.4, 0.5) is 10.1 Å². The Hall–Kier alpha value is -1.46. The van der Waals surface area contributed by atoms with Crippen molar-refractivity contribution >= 4 is 11.6 Å². The van der Waals surface area contributed by atoms with E-state index < -0.39 is 0 Å². The molecule has 1 aliphatic heterocycles. The second-order valence-corrected chi connectivity index (χ2v) is 3.38. The van der Waals surface area contributed by atoms with E-state index in [-0.39, 0.29) is 17.8 Å². The maximum Gasteiger partial charge on any atom is 0.242 e. The summed E-state index contributed by atoms with van der Waals surface area (Å²) in [4.78, 5) is 11.6. The molecule has 0 aliphatic carbocycles. The molecule has 5 heteroatoms. The van der Waals surface area contributed by atoms with Crippen LogP contribution in [-0.2, 0) is 4.79 Å². The lowest BCUT2D eigenvalue weighted by Crippen LogP contribution is -2.37. The van der Waals surface area contributed by atoms with Crippen LogP contribution in [0.5, 0.6) is 0 Å². The van der Waals surface area contributed by atoms with Gasteiger partial charge >= 0.3 is 0 Å². The molecule has 0 saturated carbocycles. The van der Waals surface area contributed by atoms with Crippen molar-refractivity contribution in [2.24, 2.45) is 0 Å². The Balaban J connectivity index is 1.96. The molecular weight excluding hydrogens is 197 g/mol. The van der Waals surface area contributed by atoms with Crippen LogP contribution in [-0.4, -0.2) is 25.2 Å². The SMILES string of the molecule is O=C(Nc1ccc(F)cc1)C1CNCN1. The van der Waals surface area contributed by atoms with Gasteiger partial charge in [0.15, 0.2) is 0 Å². The first-order valence-electron chi connectivity index (χ1n) is 4.76. The summed E-state index contributed by atoms with van der Waals surface area (Å²) in [5.41, 5.74) is 0.607. The number of benzene rings is 1. The second kappa shape index (κ2) is 4.37. The highest BCUT2D eigenvalue weighted by molar-refractivity contribution is 5.95. The van der Waals surface area contributed by atoms with Gasteiger partial charge in [0, 0.05) is 18.9 Å². The number of halogens is 1. The third-order valence-electron chi connectivity index (χ3n) is 2.25. The molecule has 1 heterocycles. The quantitative estimate of drug-likeness (QED) is 0.656. The molecular formula is C10H12FN3O. The fourth-order valence-electron chi connectivity index (χ4n) is 1.43. The van der Waals surface area contributed by atoms with Crippen LogP contribution in [0.1, 0.15) is 0 Å². The average molecular weight is 209 g/mol. The van der Waals surface area contributed by atoms with Gasteiger partial charge in [0.05, 0.1) is 0 Å². The van der Waals surface area contributed by atoms with Gasteiger partial charge < -0.3 is 10.6 Å². The zero-order valence-corrected chi connectivity index (χ0v) is 8.09. The van der Waals surface area contributed by atoms with Crippen LogP contribution < -0.4 is 16.0 Å². The van der Waals surface area contributed by atoms with Gasteiger partial charge in [-0.3, -0.25) is 10.1 Å². The smallest absolute Gasteiger partial charge is 0.242 e. The van der Waals surface area contributed by atoms with E-state index in [1.807, 2.05) is 0 Å². The summed E-state index contributed by atoms with van der Waals surface area (Å²) >= 11 is 0. The molecule has 4 nitrogen and oxygen atoms in total. The predicted octanol–water partition coefficient (Wildman–Crippen LogP) is 0.283. The highest BCUT2D eigenvalue weighted by Gasteiger charge is 2.21. The average Bonchev–Trinajstić information content (AvgIpc) is 2.74. The minimum absolute atomic E-state index is 0.105. The first-order valence-corrected chi connectivity index (χ1v) is 4.76. The maximum atomic E-state index is 12.6. The molecule has 0 radical (unpaired) electrons. The van der Waals surface area contributed by atoms with E-state index in [1.165, 1.54) is 24.3 Å². The van der Waals surface area contributed by atoms with E-state index in [4.69, 9.17) is 0 Å². The van der Waals surface area contributed by atoms with Crippen molar-refractivity contribution in [3.05, 3.63) is 30.1 Å². The molecule has 1 aromatic rings. The fourth-order valence-corrected chi connectivity index (χ4v) is 1.43. The molecule has 3 N–H and O–H groups in total. The van der Waals surface area contributed by atoms with Crippen LogP contribution in [0, 0.1) is 5.82 Å². The Morgan fingerprint density at radius 1 is 1.40 bits per heavy atom. The molecule has 1 amide bonds. The highest BCUT2D eigenvalue weighted by Crippen LogP contribution is 2.08. The summed E-state index contributed by atoms with van der Waals surface area (Å²) < 4.78 is 12.6. The number of anilines is 1. The Kier molecular flexibility index (Phi) is 2.94. The number of hydrogen-bond donors (Lipinski definition) is 3. The van der Waals surface area contributed by atoms with Gasteiger partial charge in [-0.25, -0.2) is 4.39 Å². The number of carbonyl (C=O) groups is 1. The van der Waals surface area contributed by atoms with Crippen LogP contribution in [0.25, 0.3) is 0 Å². The molecule has 1 atom stereocenters. The Labute approximate surface area is 86.9 Å². The van der Waals surface area contributed by atoms with Gasteiger partial charge in [0.25, 0.3) is 0 Å². The van der Waals surface area contributed by atoms with Crippen LogP contribution in [0.3, 0.4) is 0 Å². The maximum absolute atomic E-state index is 12.6. The zero-order valence-electron chi connectivity index (χ0n) is 8.09.